The molecule has 3 aromatic carbocycles. The van der Waals surface area contributed by atoms with Crippen LogP contribution in [0.25, 0.3) is 0 Å². The first kappa shape index (κ1) is 30.0. The molecule has 230 valence electrons. The van der Waals surface area contributed by atoms with Gasteiger partial charge in [0.05, 0.1) is 36.0 Å². The Kier molecular flexibility index (Phi) is 7.63. The molecule has 0 radical (unpaired) electrons. The van der Waals surface area contributed by atoms with Crippen molar-refractivity contribution in [2.45, 2.75) is 76.0 Å². The van der Waals surface area contributed by atoms with Gasteiger partial charge in [-0.2, -0.15) is 0 Å². The summed E-state index contributed by atoms with van der Waals surface area (Å²) in [6.07, 6.45) is -3.90. The number of aliphatic hydroxyl groups is 1. The van der Waals surface area contributed by atoms with Crippen molar-refractivity contribution >= 4 is 17.3 Å². The highest BCUT2D eigenvalue weighted by atomic mass is 19.1. The highest BCUT2D eigenvalue weighted by molar-refractivity contribution is 6.30. The Hall–Kier alpha value is -4.00. The van der Waals surface area contributed by atoms with Gasteiger partial charge in [0.25, 0.3) is 0 Å². The van der Waals surface area contributed by atoms with Crippen LogP contribution < -0.4 is 5.73 Å². The monoisotopic (exact) mass is 605 g/mol. The van der Waals surface area contributed by atoms with Gasteiger partial charge in [-0.3, -0.25) is 14.4 Å². The van der Waals surface area contributed by atoms with E-state index in [1.807, 2.05) is 0 Å². The highest BCUT2D eigenvalue weighted by Gasteiger charge is 2.49. The van der Waals surface area contributed by atoms with Gasteiger partial charge < -0.3 is 35.3 Å². The first-order chi connectivity index (χ1) is 20.9. The third kappa shape index (κ3) is 5.00. The summed E-state index contributed by atoms with van der Waals surface area (Å²) >= 11 is 0. The van der Waals surface area contributed by atoms with Crippen LogP contribution in [0.15, 0.2) is 48.5 Å². The normalized spacial score (nSPS) is 27.8. The molecule has 0 bridgehead atoms. The van der Waals surface area contributed by atoms with Crippen molar-refractivity contribution in [3.63, 3.8) is 0 Å². The van der Waals surface area contributed by atoms with E-state index < -0.39 is 71.5 Å². The van der Waals surface area contributed by atoms with Gasteiger partial charge in [-0.15, -0.1) is 0 Å². The van der Waals surface area contributed by atoms with Crippen LogP contribution in [-0.4, -0.2) is 62.8 Å². The largest absolute Gasteiger partial charge is 0.507 e. The van der Waals surface area contributed by atoms with Gasteiger partial charge in [0, 0.05) is 47.6 Å². The Morgan fingerprint density at radius 1 is 1.05 bits per heavy atom. The number of halogens is 1. The maximum atomic E-state index is 13.5. The van der Waals surface area contributed by atoms with Gasteiger partial charge in [-0.1, -0.05) is 36.4 Å². The number of carbonyl (C=O) groups is 3. The molecule has 1 aliphatic heterocycles. The number of ketones is 3. The molecule has 44 heavy (non-hydrogen) atoms. The number of benzene rings is 3. The van der Waals surface area contributed by atoms with Gasteiger partial charge in [0.1, 0.15) is 22.9 Å². The zero-order valence-electron chi connectivity index (χ0n) is 24.1. The van der Waals surface area contributed by atoms with E-state index in [1.165, 1.54) is 31.2 Å². The predicted molar refractivity (Wildman–Crippen MR) is 153 cm³/mol. The fourth-order valence-corrected chi connectivity index (χ4v) is 6.45. The molecule has 0 saturated carbocycles. The van der Waals surface area contributed by atoms with E-state index in [0.29, 0.717) is 0 Å². The van der Waals surface area contributed by atoms with E-state index in [2.05, 4.69) is 0 Å². The number of rotatable bonds is 6. The SMILES string of the molecule is CC(=O)[C@]1(O)Cc2c(O)c3c(c(O)c2[C@H](OC2CC(N)C(OCc4ccc(F)cc4)C(C)O2)C1)C(=O)c1ccccc1C3=O. The molecule has 11 heteroatoms. The van der Waals surface area contributed by atoms with Crippen LogP contribution >= 0.6 is 0 Å². The van der Waals surface area contributed by atoms with Crippen molar-refractivity contribution in [2.75, 3.05) is 0 Å². The topological polar surface area (TPSA) is 166 Å². The van der Waals surface area contributed by atoms with Crippen LogP contribution in [-0.2, 0) is 32.0 Å². The number of hydrogen-bond donors (Lipinski definition) is 4. The fourth-order valence-electron chi connectivity index (χ4n) is 6.45. The molecule has 4 unspecified atom stereocenters. The zero-order valence-corrected chi connectivity index (χ0v) is 24.1. The molecule has 10 nitrogen and oxygen atoms in total. The molecule has 5 N–H and O–H groups in total. The van der Waals surface area contributed by atoms with E-state index in [0.717, 1.165) is 5.56 Å². The summed E-state index contributed by atoms with van der Waals surface area (Å²) in [6.45, 7) is 3.11. The predicted octanol–water partition coefficient (Wildman–Crippen LogP) is 3.38. The molecule has 1 saturated heterocycles. The zero-order chi connectivity index (χ0) is 31.5. The van der Waals surface area contributed by atoms with Crippen LogP contribution in [0.4, 0.5) is 4.39 Å². The first-order valence-electron chi connectivity index (χ1n) is 14.3. The minimum atomic E-state index is -2.00. The van der Waals surface area contributed by atoms with Crippen molar-refractivity contribution in [3.8, 4) is 11.5 Å². The lowest BCUT2D eigenvalue weighted by molar-refractivity contribution is -0.254. The van der Waals surface area contributed by atoms with Crippen LogP contribution in [0.1, 0.15) is 81.3 Å². The first-order valence-corrected chi connectivity index (χ1v) is 14.3. The number of phenols is 2. The summed E-state index contributed by atoms with van der Waals surface area (Å²) in [5.41, 5.74) is 4.53. The van der Waals surface area contributed by atoms with Crippen molar-refractivity contribution in [1.29, 1.82) is 0 Å². The van der Waals surface area contributed by atoms with E-state index in [9.17, 15) is 34.1 Å². The summed E-state index contributed by atoms with van der Waals surface area (Å²) in [7, 11) is 0. The molecule has 6 rings (SSSR count). The number of phenolic OH excluding ortho intramolecular Hbond substituents is 2. The molecule has 3 aromatic rings. The second kappa shape index (κ2) is 11.2. The molecule has 1 fully saturated rings. The molecule has 3 aliphatic rings. The third-order valence-electron chi connectivity index (χ3n) is 8.82. The van der Waals surface area contributed by atoms with Crippen molar-refractivity contribution in [1.82, 2.24) is 0 Å². The maximum Gasteiger partial charge on any atom is 0.198 e. The lowest BCUT2D eigenvalue weighted by Crippen LogP contribution is -2.53. The summed E-state index contributed by atoms with van der Waals surface area (Å²) in [5.74, 6) is -3.45. The van der Waals surface area contributed by atoms with Crippen LogP contribution in [0, 0.1) is 5.82 Å². The smallest absolute Gasteiger partial charge is 0.198 e. The standard InChI is InChI=1S/C33H32FNO9/c1-15-32(42-14-17-7-9-18(34)10-8-17)22(35)11-24(43-15)44-23-13-33(41,16(2)36)12-21-25(23)31(40)27-26(30(21)39)28(37)19-5-3-4-6-20(19)29(27)38/h3-10,15,22-24,32,39-41H,11-14,35H2,1-2H3/t15?,22?,23-,24?,32?,33+/m1/s1. The molecule has 0 spiro atoms. The van der Waals surface area contributed by atoms with E-state index in [-0.39, 0.29) is 58.6 Å². The molecule has 2 aliphatic carbocycles. The van der Waals surface area contributed by atoms with Crippen molar-refractivity contribution in [3.05, 3.63) is 93.3 Å². The number of fused-ring (bicyclic) bond motifs is 3. The maximum absolute atomic E-state index is 13.5. The Bertz CT molecular complexity index is 1660. The second-order valence-electron chi connectivity index (χ2n) is 11.7. The lowest BCUT2D eigenvalue weighted by Gasteiger charge is -2.43. The fraction of sp³-hybridized carbons (Fsp3) is 0.364. The number of carbonyl (C=O) groups excluding carboxylic acids is 3. The number of aromatic hydroxyl groups is 2. The third-order valence-corrected chi connectivity index (χ3v) is 8.82. The van der Waals surface area contributed by atoms with Gasteiger partial charge in [0.2, 0.25) is 0 Å². The van der Waals surface area contributed by atoms with Gasteiger partial charge in [-0.25, -0.2) is 4.39 Å². The second-order valence-corrected chi connectivity index (χ2v) is 11.7. The number of hydrogen-bond acceptors (Lipinski definition) is 10. The van der Waals surface area contributed by atoms with Crippen LogP contribution in [0.3, 0.4) is 0 Å². The number of nitrogens with two attached hydrogens (primary N) is 1. The molecule has 1 heterocycles. The van der Waals surface area contributed by atoms with Gasteiger partial charge in [0.15, 0.2) is 23.6 Å². The van der Waals surface area contributed by atoms with Crippen LogP contribution in [0.2, 0.25) is 0 Å². The number of Topliss-reactive ketones (excluding diaryl/α,β-unsaturated/α-hetero) is 1. The Labute approximate surface area is 252 Å². The summed E-state index contributed by atoms with van der Waals surface area (Å²) < 4.78 is 31.6. The average molecular weight is 606 g/mol. The lowest BCUT2D eigenvalue weighted by atomic mass is 9.72. The van der Waals surface area contributed by atoms with Gasteiger partial charge in [-0.05, 0) is 31.5 Å². The van der Waals surface area contributed by atoms with Gasteiger partial charge >= 0.3 is 0 Å². The Balaban J connectivity index is 1.31. The van der Waals surface area contributed by atoms with Crippen molar-refractivity contribution in [2.24, 2.45) is 5.73 Å². The minimum absolute atomic E-state index is 0.00721. The van der Waals surface area contributed by atoms with E-state index in [4.69, 9.17) is 19.9 Å². The summed E-state index contributed by atoms with van der Waals surface area (Å²) in [5, 5.41) is 34.3. The minimum Gasteiger partial charge on any atom is -0.507 e. The number of ether oxygens (including phenoxy) is 3. The average Bonchev–Trinajstić information content (AvgIpc) is 2.98. The van der Waals surface area contributed by atoms with Crippen LogP contribution in [0.5, 0.6) is 11.5 Å². The van der Waals surface area contributed by atoms with E-state index in [1.54, 1.807) is 31.2 Å². The summed E-state index contributed by atoms with van der Waals surface area (Å²) in [6, 6.07) is 11.4. The quantitative estimate of drug-likeness (QED) is 0.239. The molecule has 6 atom stereocenters. The molecular weight excluding hydrogens is 573 g/mol. The molecule has 0 aromatic heterocycles. The Morgan fingerprint density at radius 3 is 2.25 bits per heavy atom. The Morgan fingerprint density at radius 2 is 1.66 bits per heavy atom. The highest BCUT2D eigenvalue weighted by Crippen LogP contribution is 2.52. The molecule has 0 amide bonds. The summed E-state index contributed by atoms with van der Waals surface area (Å²) in [4.78, 5) is 39.6. The van der Waals surface area contributed by atoms with E-state index >= 15 is 0 Å². The molecular formula is C33H32FNO9. The van der Waals surface area contributed by atoms with Crippen molar-refractivity contribution < 1.29 is 48.3 Å².